The van der Waals surface area contributed by atoms with Crippen molar-refractivity contribution in [1.82, 2.24) is 0 Å². The summed E-state index contributed by atoms with van der Waals surface area (Å²) in [5.41, 5.74) is 6.78. The van der Waals surface area contributed by atoms with Gasteiger partial charge in [0.1, 0.15) is 0 Å². The Labute approximate surface area is 89.0 Å². The van der Waals surface area contributed by atoms with E-state index in [9.17, 15) is 0 Å². The number of anilines is 1. The van der Waals surface area contributed by atoms with Crippen LogP contribution in [0.5, 0.6) is 0 Å². The molecule has 0 heterocycles. The molecule has 0 aliphatic carbocycles. The average Bonchev–Trinajstić information content (AvgIpc) is 2.04. The van der Waals surface area contributed by atoms with Crippen molar-refractivity contribution in [3.05, 3.63) is 36.4 Å². The third kappa shape index (κ3) is 1.24. The van der Waals surface area contributed by atoms with Gasteiger partial charge in [0.2, 0.25) is 0 Å². The Morgan fingerprint density at radius 2 is 1.67 bits per heavy atom. The van der Waals surface area contributed by atoms with Crippen LogP contribution < -0.4 is 8.55 Å². The summed E-state index contributed by atoms with van der Waals surface area (Å²) >= 11 is 1.06. The number of nitrogens with two attached hydrogens (primary N) is 1. The first-order valence-corrected chi connectivity index (χ1v) is 5.03. The third-order valence-corrected chi connectivity index (χ3v) is 2.98. The predicted octanol–water partition coefficient (Wildman–Crippen LogP) is 1.22. The summed E-state index contributed by atoms with van der Waals surface area (Å²) in [6, 6.07) is 12.4. The van der Waals surface area contributed by atoms with E-state index >= 15 is 0 Å². The number of hydrogen-bond donors (Lipinski definition) is 1. The van der Waals surface area contributed by atoms with Crippen molar-refractivity contribution in [2.45, 2.75) is 0 Å². The van der Waals surface area contributed by atoms with E-state index in [2.05, 4.69) is 24.3 Å². The first-order chi connectivity index (χ1) is 5.79. The maximum atomic E-state index is 5.88. The topological polar surface area (TPSA) is 26.0 Å². The molecule has 0 saturated carbocycles. The Bertz CT molecular complexity index is 386. The van der Waals surface area contributed by atoms with E-state index in [-0.39, 0.29) is 0 Å². The molecule has 0 amide bonds. The fraction of sp³-hybridized carbons (Fsp3) is 0. The van der Waals surface area contributed by atoms with Crippen molar-refractivity contribution in [2.24, 2.45) is 0 Å². The Morgan fingerprint density at radius 3 is 2.33 bits per heavy atom. The molecule has 0 spiro atoms. The van der Waals surface area contributed by atoms with Gasteiger partial charge in [0, 0.05) is 0 Å². The molecule has 0 atom stereocenters. The second-order valence-corrected chi connectivity index (χ2v) is 4.10. The first kappa shape index (κ1) is 8.11. The van der Waals surface area contributed by atoms with Gasteiger partial charge in [-0.2, -0.15) is 0 Å². The number of nitrogen functional groups attached to an aromatic ring is 1. The van der Waals surface area contributed by atoms with Crippen molar-refractivity contribution in [1.29, 1.82) is 0 Å². The van der Waals surface area contributed by atoms with Crippen molar-refractivity contribution >= 4 is 47.2 Å². The van der Waals surface area contributed by atoms with Gasteiger partial charge in [0.15, 0.2) is 0 Å². The second-order valence-electron chi connectivity index (χ2n) is 3.02. The molecule has 0 aliphatic heterocycles. The molecule has 2 heteroatoms. The van der Waals surface area contributed by atoms with E-state index in [1.54, 1.807) is 0 Å². The molecule has 2 aromatic rings. The van der Waals surface area contributed by atoms with Gasteiger partial charge >= 0.3 is 89.3 Å². The normalized spacial score (nSPS) is 10.5. The summed E-state index contributed by atoms with van der Waals surface area (Å²) in [5.74, 6) is 0. The van der Waals surface area contributed by atoms with Gasteiger partial charge in [-0.15, -0.1) is 0 Å². The zero-order valence-electron chi connectivity index (χ0n) is 7.04. The van der Waals surface area contributed by atoms with Crippen molar-refractivity contribution in [3.8, 4) is 0 Å². The van der Waals surface area contributed by atoms with Gasteiger partial charge in [-0.05, 0) is 0 Å². The SMILES string of the molecule is Nc1cccc2ccc[c]([Na])c12. The third-order valence-electron chi connectivity index (χ3n) is 2.15. The average molecular weight is 165 g/mol. The van der Waals surface area contributed by atoms with Crippen LogP contribution in [0.4, 0.5) is 5.69 Å². The minimum atomic E-state index is 0.901. The van der Waals surface area contributed by atoms with Crippen LogP contribution in [0, 0.1) is 0 Å². The molecule has 0 saturated heterocycles. The number of benzene rings is 2. The Morgan fingerprint density at radius 1 is 1.00 bits per heavy atom. The minimum absolute atomic E-state index is 0.901. The molecule has 1 nitrogen and oxygen atoms in total. The molecule has 2 rings (SSSR count). The maximum absolute atomic E-state index is 5.88. The van der Waals surface area contributed by atoms with Crippen LogP contribution in [0.25, 0.3) is 10.8 Å². The zero-order valence-corrected chi connectivity index (χ0v) is 9.04. The quantitative estimate of drug-likeness (QED) is 0.461. The van der Waals surface area contributed by atoms with Crippen LogP contribution in [0.15, 0.2) is 36.4 Å². The van der Waals surface area contributed by atoms with E-state index in [0.29, 0.717) is 0 Å². The molecule has 0 aliphatic rings. The molecular formula is C10H8NNa. The van der Waals surface area contributed by atoms with Crippen LogP contribution in [0.2, 0.25) is 0 Å². The molecule has 0 radical (unpaired) electrons. The fourth-order valence-corrected chi connectivity index (χ4v) is 2.33. The summed E-state index contributed by atoms with van der Waals surface area (Å²) in [7, 11) is 0. The first-order valence-electron chi connectivity index (χ1n) is 4.03. The van der Waals surface area contributed by atoms with Crippen LogP contribution in [0.3, 0.4) is 0 Å². The number of hydrogen-bond acceptors (Lipinski definition) is 1. The van der Waals surface area contributed by atoms with Crippen LogP contribution in [-0.4, -0.2) is 27.9 Å². The standard InChI is InChI=1S/C10H8N.Na/c11-10-7-3-5-8-4-1-2-6-9(8)10;/h1-5,7H,11H2;. The summed E-state index contributed by atoms with van der Waals surface area (Å²) in [6.07, 6.45) is 0. The van der Waals surface area contributed by atoms with Crippen LogP contribution >= 0.6 is 0 Å². The Balaban J connectivity index is 2.96. The van der Waals surface area contributed by atoms with Crippen molar-refractivity contribution in [3.63, 3.8) is 0 Å². The Kier molecular flexibility index (Phi) is 2.09. The monoisotopic (exact) mass is 165 g/mol. The van der Waals surface area contributed by atoms with Gasteiger partial charge in [-0.3, -0.25) is 0 Å². The Hall–Kier alpha value is -0.500. The molecule has 0 bridgehead atoms. The van der Waals surface area contributed by atoms with E-state index in [1.165, 1.54) is 13.6 Å². The molecule has 0 unspecified atom stereocenters. The van der Waals surface area contributed by atoms with Gasteiger partial charge in [-0.1, -0.05) is 0 Å². The van der Waals surface area contributed by atoms with Gasteiger partial charge in [0.25, 0.3) is 0 Å². The molecular weight excluding hydrogens is 157 g/mol. The summed E-state index contributed by atoms with van der Waals surface area (Å²) < 4.78 is 1.38. The summed E-state index contributed by atoms with van der Waals surface area (Å²) in [5, 5.41) is 2.49. The summed E-state index contributed by atoms with van der Waals surface area (Å²) in [6.45, 7) is 0. The van der Waals surface area contributed by atoms with E-state index in [1.807, 2.05) is 12.1 Å². The summed E-state index contributed by atoms with van der Waals surface area (Å²) in [4.78, 5) is 0. The van der Waals surface area contributed by atoms with Crippen molar-refractivity contribution in [2.75, 3.05) is 5.73 Å². The van der Waals surface area contributed by atoms with Gasteiger partial charge in [0.05, 0.1) is 0 Å². The molecule has 12 heavy (non-hydrogen) atoms. The van der Waals surface area contributed by atoms with E-state index in [4.69, 9.17) is 5.73 Å². The van der Waals surface area contributed by atoms with Gasteiger partial charge in [-0.25, -0.2) is 0 Å². The molecule has 0 fully saturated rings. The predicted molar refractivity (Wildman–Crippen MR) is 53.7 cm³/mol. The second kappa shape index (κ2) is 3.09. The molecule has 54 valence electrons. The fourth-order valence-electron chi connectivity index (χ4n) is 1.56. The molecule has 2 aromatic carbocycles. The van der Waals surface area contributed by atoms with Gasteiger partial charge < -0.3 is 0 Å². The number of rotatable bonds is 0. The molecule has 2 N–H and O–H groups in total. The van der Waals surface area contributed by atoms with Crippen LogP contribution in [0.1, 0.15) is 0 Å². The van der Waals surface area contributed by atoms with Crippen molar-refractivity contribution < 1.29 is 0 Å². The molecule has 0 aromatic heterocycles. The van der Waals surface area contributed by atoms with Crippen LogP contribution in [-0.2, 0) is 0 Å². The van der Waals surface area contributed by atoms with E-state index < -0.39 is 0 Å². The number of fused-ring (bicyclic) bond motifs is 1. The van der Waals surface area contributed by atoms with E-state index in [0.717, 1.165) is 33.6 Å². The zero-order chi connectivity index (χ0) is 8.55.